The van der Waals surface area contributed by atoms with Crippen LogP contribution in [0.3, 0.4) is 0 Å². The number of imide groups is 1. The largest absolute Gasteiger partial charge is 0.454 e. The van der Waals surface area contributed by atoms with Crippen molar-refractivity contribution in [2.75, 3.05) is 11.5 Å². The Morgan fingerprint density at radius 1 is 1.06 bits per heavy atom. The van der Waals surface area contributed by atoms with Crippen LogP contribution in [0.2, 0.25) is 0 Å². The number of nitrogens with zero attached hydrogens (tertiary/aromatic N) is 1. The molecule has 2 amide bonds. The molecule has 1 saturated heterocycles. The number of esters is 1. The van der Waals surface area contributed by atoms with Crippen molar-refractivity contribution in [3.8, 4) is 0 Å². The summed E-state index contributed by atoms with van der Waals surface area (Å²) < 4.78 is 18.0. The zero-order chi connectivity index (χ0) is 23.5. The van der Waals surface area contributed by atoms with Crippen molar-refractivity contribution in [3.63, 3.8) is 0 Å². The molecule has 32 heavy (non-hydrogen) atoms. The Balaban J connectivity index is 1.62. The molecular weight excluding hydrogens is 415 g/mol. The first-order valence-corrected chi connectivity index (χ1v) is 10.3. The Kier molecular flexibility index (Phi) is 6.84. The van der Waals surface area contributed by atoms with E-state index in [0.717, 1.165) is 23.5 Å². The van der Waals surface area contributed by atoms with E-state index >= 15 is 0 Å². The average Bonchev–Trinajstić information content (AvgIpc) is 3.04. The summed E-state index contributed by atoms with van der Waals surface area (Å²) in [6.07, 6.45) is 0.864. The summed E-state index contributed by atoms with van der Waals surface area (Å²) in [5.74, 6) is -2.31. The molecule has 2 aromatic carbocycles. The number of rotatable bonds is 8. The molecule has 7 nitrogen and oxygen atoms in total. The summed E-state index contributed by atoms with van der Waals surface area (Å²) in [6.45, 7) is 5.44. The molecule has 2 aromatic rings. The standard InChI is InChI=1S/C24H25FN2O5/c1-4-24(2,3)26-19-13-21(29)27(22(19)30)18-11-7-16(8-12-18)23(31)32-14-20(28)15-5-9-17(25)10-6-15/h5-12,19,26H,4,13-14H2,1-3H3. The molecule has 1 N–H and O–H groups in total. The zero-order valence-electron chi connectivity index (χ0n) is 18.2. The normalized spacial score (nSPS) is 16.4. The summed E-state index contributed by atoms with van der Waals surface area (Å²) in [5.41, 5.74) is 0.476. The predicted molar refractivity (Wildman–Crippen MR) is 116 cm³/mol. The van der Waals surface area contributed by atoms with E-state index in [2.05, 4.69) is 5.32 Å². The molecule has 1 atom stereocenters. The van der Waals surface area contributed by atoms with E-state index in [4.69, 9.17) is 4.74 Å². The number of halogens is 1. The van der Waals surface area contributed by atoms with E-state index in [9.17, 15) is 23.6 Å². The van der Waals surface area contributed by atoms with Crippen molar-refractivity contribution < 1.29 is 28.3 Å². The van der Waals surface area contributed by atoms with Crippen LogP contribution in [0.5, 0.6) is 0 Å². The molecular formula is C24H25FN2O5. The van der Waals surface area contributed by atoms with Gasteiger partial charge in [-0.2, -0.15) is 0 Å². The second-order valence-corrected chi connectivity index (χ2v) is 8.26. The molecule has 0 aliphatic carbocycles. The van der Waals surface area contributed by atoms with Crippen molar-refractivity contribution >= 4 is 29.3 Å². The number of amides is 2. The Labute approximate surface area is 185 Å². The van der Waals surface area contributed by atoms with Gasteiger partial charge >= 0.3 is 5.97 Å². The SMILES string of the molecule is CCC(C)(C)NC1CC(=O)N(c2ccc(C(=O)OCC(=O)c3ccc(F)cc3)cc2)C1=O. The molecule has 0 aromatic heterocycles. The van der Waals surface area contributed by atoms with Gasteiger partial charge in [0, 0.05) is 11.1 Å². The first kappa shape index (κ1) is 23.3. The van der Waals surface area contributed by atoms with E-state index in [1.807, 2.05) is 20.8 Å². The van der Waals surface area contributed by atoms with Gasteiger partial charge in [-0.3, -0.25) is 14.4 Å². The number of anilines is 1. The van der Waals surface area contributed by atoms with E-state index in [1.165, 1.54) is 36.4 Å². The van der Waals surface area contributed by atoms with Gasteiger partial charge in [0.2, 0.25) is 5.91 Å². The van der Waals surface area contributed by atoms with Crippen molar-refractivity contribution in [2.45, 2.75) is 45.2 Å². The summed E-state index contributed by atoms with van der Waals surface area (Å²) in [5, 5.41) is 3.22. The monoisotopic (exact) mass is 440 g/mol. The molecule has 8 heteroatoms. The minimum Gasteiger partial charge on any atom is -0.454 e. The van der Waals surface area contributed by atoms with Gasteiger partial charge in [-0.05, 0) is 68.8 Å². The lowest BCUT2D eigenvalue weighted by atomic mass is 10.00. The van der Waals surface area contributed by atoms with Gasteiger partial charge < -0.3 is 10.1 Å². The molecule has 1 unspecified atom stereocenters. The number of hydrogen-bond donors (Lipinski definition) is 1. The Bertz CT molecular complexity index is 1030. The van der Waals surface area contributed by atoms with Crippen LogP contribution in [-0.2, 0) is 14.3 Å². The highest BCUT2D eigenvalue weighted by Gasteiger charge is 2.41. The molecule has 0 radical (unpaired) electrons. The third kappa shape index (κ3) is 5.26. The molecule has 1 aliphatic heterocycles. The minimum atomic E-state index is -0.727. The quantitative estimate of drug-likeness (QED) is 0.385. The van der Waals surface area contributed by atoms with Gasteiger partial charge in [0.15, 0.2) is 12.4 Å². The summed E-state index contributed by atoms with van der Waals surface area (Å²) in [4.78, 5) is 50.6. The third-order valence-electron chi connectivity index (χ3n) is 5.46. The molecule has 0 bridgehead atoms. The van der Waals surface area contributed by atoms with E-state index < -0.39 is 30.2 Å². The Morgan fingerprint density at radius 3 is 2.25 bits per heavy atom. The van der Waals surface area contributed by atoms with Crippen LogP contribution >= 0.6 is 0 Å². The van der Waals surface area contributed by atoms with Gasteiger partial charge in [0.05, 0.1) is 23.7 Å². The topological polar surface area (TPSA) is 92.8 Å². The van der Waals surface area contributed by atoms with Crippen molar-refractivity contribution in [2.24, 2.45) is 0 Å². The third-order valence-corrected chi connectivity index (χ3v) is 5.46. The lowest BCUT2D eigenvalue weighted by Crippen LogP contribution is -2.49. The van der Waals surface area contributed by atoms with E-state index in [0.29, 0.717) is 5.69 Å². The zero-order valence-corrected chi connectivity index (χ0v) is 18.2. The van der Waals surface area contributed by atoms with Crippen molar-refractivity contribution in [3.05, 3.63) is 65.5 Å². The summed E-state index contributed by atoms with van der Waals surface area (Å²) in [6, 6.07) is 10.2. The van der Waals surface area contributed by atoms with Crippen LogP contribution in [0.1, 0.15) is 54.3 Å². The number of Topliss-reactive ketones (excluding diaryl/α,β-unsaturated/α-hetero) is 1. The van der Waals surface area contributed by atoms with E-state index in [-0.39, 0.29) is 34.9 Å². The van der Waals surface area contributed by atoms with Crippen LogP contribution in [0, 0.1) is 5.82 Å². The fourth-order valence-corrected chi connectivity index (χ4v) is 3.27. The van der Waals surface area contributed by atoms with Crippen LogP contribution in [-0.4, -0.2) is 41.8 Å². The number of ether oxygens (including phenoxy) is 1. The maximum Gasteiger partial charge on any atom is 0.338 e. The first-order chi connectivity index (χ1) is 15.1. The molecule has 1 heterocycles. The van der Waals surface area contributed by atoms with Crippen molar-refractivity contribution in [1.82, 2.24) is 5.32 Å². The van der Waals surface area contributed by atoms with Gasteiger partial charge in [0.25, 0.3) is 5.91 Å². The highest BCUT2D eigenvalue weighted by atomic mass is 19.1. The lowest BCUT2D eigenvalue weighted by Gasteiger charge is -2.27. The van der Waals surface area contributed by atoms with Crippen LogP contribution in [0.4, 0.5) is 10.1 Å². The molecule has 1 aliphatic rings. The summed E-state index contributed by atoms with van der Waals surface area (Å²) >= 11 is 0. The molecule has 0 spiro atoms. The molecule has 168 valence electrons. The number of nitrogens with one attached hydrogen (secondary N) is 1. The van der Waals surface area contributed by atoms with Gasteiger partial charge in [-0.15, -0.1) is 0 Å². The van der Waals surface area contributed by atoms with E-state index in [1.54, 1.807) is 0 Å². The van der Waals surface area contributed by atoms with Crippen LogP contribution in [0.25, 0.3) is 0 Å². The molecule has 0 saturated carbocycles. The first-order valence-electron chi connectivity index (χ1n) is 10.3. The van der Waals surface area contributed by atoms with Crippen LogP contribution in [0.15, 0.2) is 48.5 Å². The fraction of sp³-hybridized carbons (Fsp3) is 0.333. The number of hydrogen-bond acceptors (Lipinski definition) is 6. The Hall–Kier alpha value is -3.39. The number of carbonyl (C=O) groups is 4. The Morgan fingerprint density at radius 2 is 1.66 bits per heavy atom. The minimum absolute atomic E-state index is 0.0670. The number of benzene rings is 2. The summed E-state index contributed by atoms with van der Waals surface area (Å²) in [7, 11) is 0. The van der Waals surface area contributed by atoms with Gasteiger partial charge in [-0.25, -0.2) is 14.1 Å². The smallest absolute Gasteiger partial charge is 0.338 e. The highest BCUT2D eigenvalue weighted by molar-refractivity contribution is 6.22. The lowest BCUT2D eigenvalue weighted by molar-refractivity contribution is -0.121. The number of ketones is 1. The molecule has 3 rings (SSSR count). The van der Waals surface area contributed by atoms with Crippen molar-refractivity contribution in [1.29, 1.82) is 0 Å². The van der Waals surface area contributed by atoms with Gasteiger partial charge in [0.1, 0.15) is 5.82 Å². The fourth-order valence-electron chi connectivity index (χ4n) is 3.27. The second-order valence-electron chi connectivity index (χ2n) is 8.26. The van der Waals surface area contributed by atoms with Crippen LogP contribution < -0.4 is 10.2 Å². The van der Waals surface area contributed by atoms with Gasteiger partial charge in [-0.1, -0.05) is 6.92 Å². The number of carbonyl (C=O) groups excluding carboxylic acids is 4. The maximum absolute atomic E-state index is 12.9. The predicted octanol–water partition coefficient (Wildman–Crippen LogP) is 3.28. The average molecular weight is 440 g/mol. The maximum atomic E-state index is 12.9. The molecule has 1 fully saturated rings. The highest BCUT2D eigenvalue weighted by Crippen LogP contribution is 2.25. The second kappa shape index (κ2) is 9.40.